The minimum absolute atomic E-state index is 0.464. The van der Waals surface area contributed by atoms with Crippen molar-refractivity contribution in [1.29, 1.82) is 0 Å². The molecule has 19 heavy (non-hydrogen) atoms. The number of aromatic nitrogens is 4. The molecule has 2 aromatic rings. The first-order chi connectivity index (χ1) is 8.82. The molecule has 5 nitrogen and oxygen atoms in total. The van der Waals surface area contributed by atoms with Gasteiger partial charge in [-0.1, -0.05) is 32.9 Å². The van der Waals surface area contributed by atoms with Crippen LogP contribution >= 0.6 is 0 Å². The van der Waals surface area contributed by atoms with Crippen LogP contribution in [0.3, 0.4) is 0 Å². The zero-order valence-corrected chi connectivity index (χ0v) is 12.9. The van der Waals surface area contributed by atoms with Gasteiger partial charge in [0.25, 0.3) is 0 Å². The van der Waals surface area contributed by atoms with E-state index in [4.69, 9.17) is 4.52 Å². The summed E-state index contributed by atoms with van der Waals surface area (Å²) < 4.78 is 6.59. The third-order valence-corrected chi connectivity index (χ3v) is 2.75. The molecule has 2 heterocycles. The second-order valence-electron chi connectivity index (χ2n) is 5.33. The van der Waals surface area contributed by atoms with Gasteiger partial charge in [-0.3, -0.25) is 4.68 Å². The van der Waals surface area contributed by atoms with Gasteiger partial charge in [-0.15, -0.1) is 0 Å². The smallest absolute Gasteiger partial charge is 0.147 e. The standard InChI is InChI=1S/C7H13N3.C7H11NO/c1-5(2)7-8-6(3)9-10(7)4;1-5(2)7-6(3)4-9-8-7/h5H,1-4H3;4-5H,1-3H3. The van der Waals surface area contributed by atoms with Crippen molar-refractivity contribution in [2.24, 2.45) is 7.05 Å². The van der Waals surface area contributed by atoms with E-state index in [9.17, 15) is 0 Å². The maximum Gasteiger partial charge on any atom is 0.147 e. The topological polar surface area (TPSA) is 56.7 Å². The van der Waals surface area contributed by atoms with Crippen molar-refractivity contribution < 1.29 is 4.52 Å². The second-order valence-corrected chi connectivity index (χ2v) is 5.33. The number of nitrogens with zero attached hydrogens (tertiary/aromatic N) is 4. The molecule has 0 aliphatic carbocycles. The first-order valence-electron chi connectivity index (χ1n) is 6.61. The molecule has 5 heteroatoms. The zero-order chi connectivity index (χ0) is 14.6. The fourth-order valence-corrected chi connectivity index (χ4v) is 1.89. The highest BCUT2D eigenvalue weighted by Crippen LogP contribution is 2.15. The van der Waals surface area contributed by atoms with Crippen molar-refractivity contribution in [3.8, 4) is 0 Å². The van der Waals surface area contributed by atoms with Crippen molar-refractivity contribution in [2.75, 3.05) is 0 Å². The molecule has 0 aliphatic heterocycles. The Morgan fingerprint density at radius 1 is 1.11 bits per heavy atom. The summed E-state index contributed by atoms with van der Waals surface area (Å²) in [6, 6.07) is 0. The van der Waals surface area contributed by atoms with Gasteiger partial charge in [-0.05, 0) is 19.8 Å². The molecule has 0 saturated carbocycles. The number of hydrogen-bond donors (Lipinski definition) is 0. The lowest BCUT2D eigenvalue weighted by atomic mass is 10.1. The highest BCUT2D eigenvalue weighted by Gasteiger charge is 2.06. The van der Waals surface area contributed by atoms with E-state index in [0.29, 0.717) is 11.8 Å². The summed E-state index contributed by atoms with van der Waals surface area (Å²) in [6.45, 7) is 12.3. The summed E-state index contributed by atoms with van der Waals surface area (Å²) in [4.78, 5) is 4.26. The van der Waals surface area contributed by atoms with Crippen LogP contribution in [-0.2, 0) is 7.05 Å². The van der Waals surface area contributed by atoms with Crippen LogP contribution in [0.25, 0.3) is 0 Å². The molecule has 0 spiro atoms. The molecule has 0 N–H and O–H groups in total. The van der Waals surface area contributed by atoms with Gasteiger partial charge in [0, 0.05) is 18.5 Å². The monoisotopic (exact) mass is 264 g/mol. The van der Waals surface area contributed by atoms with Crippen molar-refractivity contribution in [3.63, 3.8) is 0 Å². The van der Waals surface area contributed by atoms with E-state index in [-0.39, 0.29) is 0 Å². The van der Waals surface area contributed by atoms with Crippen molar-refractivity contribution in [3.05, 3.63) is 29.2 Å². The molecule has 0 aromatic carbocycles. The molecule has 0 atom stereocenters. The van der Waals surface area contributed by atoms with Crippen LogP contribution in [0.4, 0.5) is 0 Å². The number of rotatable bonds is 2. The maximum atomic E-state index is 4.76. The Morgan fingerprint density at radius 2 is 1.74 bits per heavy atom. The molecule has 2 rings (SSSR count). The van der Waals surface area contributed by atoms with Crippen molar-refractivity contribution in [1.82, 2.24) is 19.9 Å². The number of hydrogen-bond acceptors (Lipinski definition) is 4. The zero-order valence-electron chi connectivity index (χ0n) is 12.9. The first kappa shape index (κ1) is 15.4. The lowest BCUT2D eigenvalue weighted by molar-refractivity contribution is 0.408. The normalized spacial score (nSPS) is 10.8. The molecule has 0 radical (unpaired) electrons. The lowest BCUT2D eigenvalue weighted by Gasteiger charge is -2.00. The van der Waals surface area contributed by atoms with Gasteiger partial charge in [-0.25, -0.2) is 4.98 Å². The van der Waals surface area contributed by atoms with Crippen LogP contribution in [0.5, 0.6) is 0 Å². The van der Waals surface area contributed by atoms with Crippen LogP contribution in [0.1, 0.15) is 62.4 Å². The lowest BCUT2D eigenvalue weighted by Crippen LogP contribution is -2.00. The highest BCUT2D eigenvalue weighted by molar-refractivity contribution is 5.14. The van der Waals surface area contributed by atoms with Crippen LogP contribution in [0, 0.1) is 13.8 Å². The first-order valence-corrected chi connectivity index (χ1v) is 6.61. The molecule has 0 saturated heterocycles. The van der Waals surface area contributed by atoms with E-state index in [2.05, 4.69) is 42.9 Å². The van der Waals surface area contributed by atoms with E-state index in [1.807, 2.05) is 25.6 Å². The van der Waals surface area contributed by atoms with E-state index >= 15 is 0 Å². The molecule has 0 bridgehead atoms. The van der Waals surface area contributed by atoms with Gasteiger partial charge in [0.05, 0.1) is 5.69 Å². The van der Waals surface area contributed by atoms with Crippen LogP contribution in [0.2, 0.25) is 0 Å². The average Bonchev–Trinajstić information content (AvgIpc) is 2.85. The second kappa shape index (κ2) is 6.50. The van der Waals surface area contributed by atoms with Crippen LogP contribution in [0.15, 0.2) is 10.8 Å². The molecular formula is C14H24N4O. The molecule has 106 valence electrons. The van der Waals surface area contributed by atoms with Crippen LogP contribution < -0.4 is 0 Å². The summed E-state index contributed by atoms with van der Waals surface area (Å²) in [5, 5.41) is 7.98. The number of aryl methyl sites for hydroxylation is 3. The molecule has 0 amide bonds. The maximum absolute atomic E-state index is 4.76. The quantitative estimate of drug-likeness (QED) is 0.834. The Kier molecular flexibility index (Phi) is 5.27. The van der Waals surface area contributed by atoms with Gasteiger partial charge in [0.2, 0.25) is 0 Å². The molecule has 2 aromatic heterocycles. The predicted octanol–water partition coefficient (Wildman–Crippen LogP) is 3.35. The Labute approximate surface area is 115 Å². The Balaban J connectivity index is 0.000000191. The molecular weight excluding hydrogens is 240 g/mol. The van der Waals surface area contributed by atoms with Crippen LogP contribution in [-0.4, -0.2) is 19.9 Å². The SMILES string of the molecule is Cc1conc1C(C)C.Cc1nc(C(C)C)n(C)n1. The summed E-state index contributed by atoms with van der Waals surface area (Å²) in [5.41, 5.74) is 2.21. The van der Waals surface area contributed by atoms with Gasteiger partial charge >= 0.3 is 0 Å². The Bertz CT molecular complexity index is 511. The largest absolute Gasteiger partial charge is 0.364 e. The van der Waals surface area contributed by atoms with Gasteiger partial charge in [0.15, 0.2) is 0 Å². The summed E-state index contributed by atoms with van der Waals surface area (Å²) in [5.74, 6) is 2.85. The van der Waals surface area contributed by atoms with E-state index in [0.717, 1.165) is 22.9 Å². The molecule has 0 aliphatic rings. The van der Waals surface area contributed by atoms with Crippen molar-refractivity contribution >= 4 is 0 Å². The predicted molar refractivity (Wildman–Crippen MR) is 75.2 cm³/mol. The van der Waals surface area contributed by atoms with Crippen molar-refractivity contribution in [2.45, 2.75) is 53.4 Å². The van der Waals surface area contributed by atoms with Gasteiger partial charge < -0.3 is 4.52 Å². The Hall–Kier alpha value is -1.65. The fraction of sp³-hybridized carbons (Fsp3) is 0.643. The summed E-state index contributed by atoms with van der Waals surface area (Å²) in [7, 11) is 1.93. The van der Waals surface area contributed by atoms with Gasteiger partial charge in [0.1, 0.15) is 17.9 Å². The van der Waals surface area contributed by atoms with E-state index in [1.165, 1.54) is 0 Å². The molecule has 0 fully saturated rings. The fourth-order valence-electron chi connectivity index (χ4n) is 1.89. The minimum Gasteiger partial charge on any atom is -0.364 e. The van der Waals surface area contributed by atoms with E-state index < -0.39 is 0 Å². The summed E-state index contributed by atoms with van der Waals surface area (Å²) >= 11 is 0. The Morgan fingerprint density at radius 3 is 1.95 bits per heavy atom. The summed E-state index contributed by atoms with van der Waals surface area (Å²) in [6.07, 6.45) is 1.68. The highest BCUT2D eigenvalue weighted by atomic mass is 16.5. The average molecular weight is 264 g/mol. The van der Waals surface area contributed by atoms with Gasteiger partial charge in [-0.2, -0.15) is 5.10 Å². The molecule has 0 unspecified atom stereocenters. The van der Waals surface area contributed by atoms with E-state index in [1.54, 1.807) is 6.26 Å². The third-order valence-electron chi connectivity index (χ3n) is 2.75. The minimum atomic E-state index is 0.464. The third kappa shape index (κ3) is 4.19.